The van der Waals surface area contributed by atoms with E-state index >= 15 is 0 Å². The van der Waals surface area contributed by atoms with Crippen molar-refractivity contribution in [3.8, 4) is 0 Å². The Labute approximate surface area is 153 Å². The van der Waals surface area contributed by atoms with Crippen molar-refractivity contribution in [1.82, 2.24) is 10.2 Å². The molecular formula is C19H27BrN2O2. The van der Waals surface area contributed by atoms with Gasteiger partial charge in [0.05, 0.1) is 0 Å². The Morgan fingerprint density at radius 2 is 1.79 bits per heavy atom. The standard InChI is InChI=1S/C19H27BrN2O2/c20-17-3-1-16(2-4-17)14-22-9-5-15(6-10-22)13-19(23)21-18-7-11-24-12-8-18/h1-4,15,18H,5-14H2,(H,21,23). The molecule has 0 aliphatic carbocycles. The Hall–Kier alpha value is -0.910. The third-order valence-electron chi connectivity index (χ3n) is 5.09. The molecule has 1 N–H and O–H groups in total. The van der Waals surface area contributed by atoms with E-state index in [0.717, 1.165) is 63.0 Å². The van der Waals surface area contributed by atoms with E-state index in [9.17, 15) is 4.79 Å². The number of carbonyl (C=O) groups is 1. The summed E-state index contributed by atoms with van der Waals surface area (Å²) in [7, 11) is 0. The highest BCUT2D eigenvalue weighted by molar-refractivity contribution is 9.10. The summed E-state index contributed by atoms with van der Waals surface area (Å²) in [5.41, 5.74) is 1.36. The number of carbonyl (C=O) groups excluding carboxylic acids is 1. The van der Waals surface area contributed by atoms with Crippen molar-refractivity contribution >= 4 is 21.8 Å². The van der Waals surface area contributed by atoms with Crippen LogP contribution in [0.15, 0.2) is 28.7 Å². The molecule has 1 aromatic rings. The molecule has 2 fully saturated rings. The first-order valence-electron chi connectivity index (χ1n) is 9.03. The minimum atomic E-state index is 0.230. The first kappa shape index (κ1) is 17.9. The summed E-state index contributed by atoms with van der Waals surface area (Å²) >= 11 is 3.48. The molecule has 0 saturated carbocycles. The number of nitrogens with one attached hydrogen (secondary N) is 1. The Bertz CT molecular complexity index is 521. The molecule has 1 amide bonds. The second kappa shape index (κ2) is 8.97. The number of benzene rings is 1. The molecule has 0 bridgehead atoms. The average molecular weight is 395 g/mol. The maximum absolute atomic E-state index is 12.2. The van der Waals surface area contributed by atoms with Crippen molar-refractivity contribution in [2.75, 3.05) is 26.3 Å². The van der Waals surface area contributed by atoms with E-state index in [0.29, 0.717) is 18.4 Å². The van der Waals surface area contributed by atoms with Crippen LogP contribution in [0, 0.1) is 5.92 Å². The SMILES string of the molecule is O=C(CC1CCN(Cc2ccc(Br)cc2)CC1)NC1CCOCC1. The zero-order valence-corrected chi connectivity index (χ0v) is 15.8. The van der Waals surface area contributed by atoms with Gasteiger partial charge in [-0.25, -0.2) is 0 Å². The highest BCUT2D eigenvalue weighted by Gasteiger charge is 2.23. The van der Waals surface area contributed by atoms with Gasteiger partial charge in [-0.2, -0.15) is 0 Å². The molecule has 132 valence electrons. The Morgan fingerprint density at radius 1 is 1.12 bits per heavy atom. The van der Waals surface area contributed by atoms with Crippen LogP contribution in [0.25, 0.3) is 0 Å². The summed E-state index contributed by atoms with van der Waals surface area (Å²) in [5, 5.41) is 3.19. The molecule has 0 unspecified atom stereocenters. The van der Waals surface area contributed by atoms with Gasteiger partial charge in [0.15, 0.2) is 0 Å². The van der Waals surface area contributed by atoms with Crippen molar-refractivity contribution in [2.45, 2.75) is 44.7 Å². The fourth-order valence-electron chi connectivity index (χ4n) is 3.59. The number of amides is 1. The molecule has 2 saturated heterocycles. The predicted octanol–water partition coefficient (Wildman–Crippen LogP) is 3.35. The first-order valence-corrected chi connectivity index (χ1v) is 9.82. The molecule has 24 heavy (non-hydrogen) atoms. The van der Waals surface area contributed by atoms with Gasteiger partial charge in [0.2, 0.25) is 5.91 Å². The van der Waals surface area contributed by atoms with E-state index in [1.807, 2.05) is 0 Å². The summed E-state index contributed by atoms with van der Waals surface area (Å²) in [6, 6.07) is 8.88. The van der Waals surface area contributed by atoms with Gasteiger partial charge in [-0.15, -0.1) is 0 Å². The molecule has 5 heteroatoms. The largest absolute Gasteiger partial charge is 0.381 e. The minimum Gasteiger partial charge on any atom is -0.381 e. The molecule has 0 atom stereocenters. The van der Waals surface area contributed by atoms with Gasteiger partial charge in [-0.05, 0) is 62.4 Å². The molecule has 3 rings (SSSR count). The fraction of sp³-hybridized carbons (Fsp3) is 0.632. The zero-order chi connectivity index (χ0) is 16.8. The molecule has 4 nitrogen and oxygen atoms in total. The van der Waals surface area contributed by atoms with E-state index < -0.39 is 0 Å². The number of ether oxygens (including phenoxy) is 1. The molecule has 2 aliphatic heterocycles. The number of hydrogen-bond acceptors (Lipinski definition) is 3. The molecule has 1 aromatic carbocycles. The monoisotopic (exact) mass is 394 g/mol. The van der Waals surface area contributed by atoms with Gasteiger partial charge in [-0.3, -0.25) is 9.69 Å². The lowest BCUT2D eigenvalue weighted by Gasteiger charge is -2.32. The summed E-state index contributed by atoms with van der Waals surface area (Å²) in [6.07, 6.45) is 4.84. The van der Waals surface area contributed by atoms with Gasteiger partial charge in [-0.1, -0.05) is 28.1 Å². The van der Waals surface area contributed by atoms with Crippen molar-refractivity contribution in [1.29, 1.82) is 0 Å². The predicted molar refractivity (Wildman–Crippen MR) is 98.7 cm³/mol. The van der Waals surface area contributed by atoms with E-state index in [4.69, 9.17) is 4.74 Å². The van der Waals surface area contributed by atoms with E-state index in [1.54, 1.807) is 0 Å². The summed E-state index contributed by atoms with van der Waals surface area (Å²) in [4.78, 5) is 14.7. The smallest absolute Gasteiger partial charge is 0.220 e. The molecule has 2 heterocycles. The summed E-state index contributed by atoms with van der Waals surface area (Å²) in [6.45, 7) is 4.74. The topological polar surface area (TPSA) is 41.6 Å². The lowest BCUT2D eigenvalue weighted by atomic mass is 9.92. The maximum atomic E-state index is 12.2. The normalized spacial score (nSPS) is 20.9. The van der Waals surface area contributed by atoms with Crippen LogP contribution in [-0.2, 0) is 16.1 Å². The summed E-state index contributed by atoms with van der Waals surface area (Å²) in [5.74, 6) is 0.763. The minimum absolute atomic E-state index is 0.230. The fourth-order valence-corrected chi connectivity index (χ4v) is 3.85. The Kier molecular flexibility index (Phi) is 6.69. The second-order valence-electron chi connectivity index (χ2n) is 7.00. The lowest BCUT2D eigenvalue weighted by Crippen LogP contribution is -2.41. The third kappa shape index (κ3) is 5.57. The number of rotatable bonds is 5. The molecule has 0 spiro atoms. The van der Waals surface area contributed by atoms with Gasteiger partial charge in [0, 0.05) is 36.7 Å². The Balaban J connectivity index is 1.37. The van der Waals surface area contributed by atoms with Crippen LogP contribution in [-0.4, -0.2) is 43.2 Å². The highest BCUT2D eigenvalue weighted by atomic mass is 79.9. The van der Waals surface area contributed by atoms with Crippen LogP contribution in [0.5, 0.6) is 0 Å². The molecule has 2 aliphatic rings. The van der Waals surface area contributed by atoms with Crippen LogP contribution in [0.2, 0.25) is 0 Å². The zero-order valence-electron chi connectivity index (χ0n) is 14.2. The van der Waals surface area contributed by atoms with Crippen molar-refractivity contribution in [3.63, 3.8) is 0 Å². The lowest BCUT2D eigenvalue weighted by molar-refractivity contribution is -0.123. The number of hydrogen-bond donors (Lipinski definition) is 1. The second-order valence-corrected chi connectivity index (χ2v) is 7.92. The molecule has 0 radical (unpaired) electrons. The van der Waals surface area contributed by atoms with Gasteiger partial charge < -0.3 is 10.1 Å². The molecular weight excluding hydrogens is 368 g/mol. The third-order valence-corrected chi connectivity index (χ3v) is 5.62. The quantitative estimate of drug-likeness (QED) is 0.832. The van der Waals surface area contributed by atoms with Crippen molar-refractivity contribution in [3.05, 3.63) is 34.3 Å². The van der Waals surface area contributed by atoms with Crippen LogP contribution in [0.3, 0.4) is 0 Å². The van der Waals surface area contributed by atoms with Gasteiger partial charge in [0.25, 0.3) is 0 Å². The Morgan fingerprint density at radius 3 is 2.46 bits per heavy atom. The number of piperidine rings is 1. The number of likely N-dealkylation sites (tertiary alicyclic amines) is 1. The van der Waals surface area contributed by atoms with Gasteiger partial charge in [0.1, 0.15) is 0 Å². The average Bonchev–Trinajstić information content (AvgIpc) is 2.59. The van der Waals surface area contributed by atoms with Crippen LogP contribution in [0.4, 0.5) is 0 Å². The van der Waals surface area contributed by atoms with Gasteiger partial charge >= 0.3 is 0 Å². The maximum Gasteiger partial charge on any atom is 0.220 e. The van der Waals surface area contributed by atoms with E-state index in [1.165, 1.54) is 5.56 Å². The van der Waals surface area contributed by atoms with Crippen molar-refractivity contribution in [2.24, 2.45) is 5.92 Å². The summed E-state index contributed by atoms with van der Waals surface area (Å²) < 4.78 is 6.46. The van der Waals surface area contributed by atoms with Crippen molar-refractivity contribution < 1.29 is 9.53 Å². The van der Waals surface area contributed by atoms with Crippen LogP contribution >= 0.6 is 15.9 Å². The number of halogens is 1. The van der Waals surface area contributed by atoms with E-state index in [2.05, 4.69) is 50.4 Å². The number of nitrogens with zero attached hydrogens (tertiary/aromatic N) is 1. The first-order chi connectivity index (χ1) is 11.7. The van der Waals surface area contributed by atoms with Crippen LogP contribution < -0.4 is 5.32 Å². The highest BCUT2D eigenvalue weighted by Crippen LogP contribution is 2.22. The van der Waals surface area contributed by atoms with E-state index in [-0.39, 0.29) is 5.91 Å². The molecule has 0 aromatic heterocycles. The van der Waals surface area contributed by atoms with Crippen LogP contribution in [0.1, 0.15) is 37.7 Å².